The van der Waals surface area contributed by atoms with Crippen molar-refractivity contribution in [2.45, 2.75) is 116 Å². The SMILES string of the molecule is CCCCCCCCCCCCCCC/C=C1/C(=O)O[C@@H](C)[C@@H]1O. The fourth-order valence-electron chi connectivity index (χ4n) is 3.30. The van der Waals surface area contributed by atoms with Gasteiger partial charge in [-0.25, -0.2) is 4.79 Å². The number of cyclic esters (lactones) is 1. The van der Waals surface area contributed by atoms with E-state index in [1.54, 1.807) is 6.92 Å². The van der Waals surface area contributed by atoms with E-state index in [2.05, 4.69) is 6.92 Å². The van der Waals surface area contributed by atoms with Gasteiger partial charge in [0.1, 0.15) is 12.2 Å². The maximum absolute atomic E-state index is 11.5. The highest BCUT2D eigenvalue weighted by atomic mass is 16.6. The first kappa shape index (κ1) is 21.2. The molecular formula is C21H38O3. The Morgan fingerprint density at radius 1 is 0.875 bits per heavy atom. The molecule has 1 rings (SSSR count). The number of carbonyl (C=O) groups is 1. The van der Waals surface area contributed by atoms with E-state index >= 15 is 0 Å². The molecule has 1 aliphatic rings. The number of ether oxygens (including phenoxy) is 1. The van der Waals surface area contributed by atoms with Crippen LogP contribution in [0.1, 0.15) is 104 Å². The van der Waals surface area contributed by atoms with Gasteiger partial charge < -0.3 is 9.84 Å². The maximum Gasteiger partial charge on any atom is 0.336 e. The van der Waals surface area contributed by atoms with Crippen LogP contribution < -0.4 is 0 Å². The Balaban J connectivity index is 1.87. The lowest BCUT2D eigenvalue weighted by molar-refractivity contribution is -0.138. The predicted molar refractivity (Wildman–Crippen MR) is 100.0 cm³/mol. The van der Waals surface area contributed by atoms with Gasteiger partial charge in [-0.15, -0.1) is 0 Å². The number of carbonyl (C=O) groups excluding carboxylic acids is 1. The van der Waals surface area contributed by atoms with Crippen LogP contribution in [0, 0.1) is 0 Å². The van der Waals surface area contributed by atoms with Crippen molar-refractivity contribution >= 4 is 5.97 Å². The molecule has 140 valence electrons. The summed E-state index contributed by atoms with van der Waals surface area (Å²) < 4.78 is 5.00. The molecule has 1 aliphatic heterocycles. The molecule has 0 aromatic carbocycles. The minimum atomic E-state index is -0.737. The molecule has 3 heteroatoms. The van der Waals surface area contributed by atoms with Crippen molar-refractivity contribution in [2.75, 3.05) is 0 Å². The second-order valence-electron chi connectivity index (χ2n) is 7.25. The topological polar surface area (TPSA) is 46.5 Å². The summed E-state index contributed by atoms with van der Waals surface area (Å²) in [5.41, 5.74) is 0.460. The summed E-state index contributed by atoms with van der Waals surface area (Å²) in [6.45, 7) is 4.00. The Morgan fingerprint density at radius 3 is 1.75 bits per heavy atom. The Hall–Kier alpha value is -0.830. The Bertz CT molecular complexity index is 362. The summed E-state index contributed by atoms with van der Waals surface area (Å²) in [6, 6.07) is 0. The van der Waals surface area contributed by atoms with E-state index in [0.29, 0.717) is 5.57 Å². The summed E-state index contributed by atoms with van der Waals surface area (Å²) in [5.74, 6) is -0.343. The van der Waals surface area contributed by atoms with Crippen molar-refractivity contribution in [1.29, 1.82) is 0 Å². The number of allylic oxidation sites excluding steroid dienone is 1. The van der Waals surface area contributed by atoms with Crippen LogP contribution in [-0.2, 0) is 9.53 Å². The highest BCUT2D eigenvalue weighted by Gasteiger charge is 2.34. The third kappa shape index (κ3) is 8.86. The standard InChI is InChI=1S/C21H38O3/c1-3-4-5-6-7-8-9-10-11-12-13-14-15-16-17-19-20(22)18(2)24-21(19)23/h17-18,20,22H,3-16H2,1-2H3/b19-17+/t18-,20-/m0/s1. The Kier molecular flexibility index (Phi) is 11.9. The average molecular weight is 339 g/mol. The molecule has 1 saturated heterocycles. The highest BCUT2D eigenvalue weighted by Crippen LogP contribution is 2.22. The van der Waals surface area contributed by atoms with Crippen LogP contribution in [0.5, 0.6) is 0 Å². The van der Waals surface area contributed by atoms with E-state index in [0.717, 1.165) is 12.8 Å². The molecule has 0 aliphatic carbocycles. The molecule has 1 heterocycles. The van der Waals surface area contributed by atoms with Gasteiger partial charge in [0.05, 0.1) is 5.57 Å². The molecule has 0 aromatic rings. The molecule has 0 spiro atoms. The Labute approximate surface area is 148 Å². The van der Waals surface area contributed by atoms with Gasteiger partial charge in [-0.1, -0.05) is 90.0 Å². The summed E-state index contributed by atoms with van der Waals surface area (Å²) in [4.78, 5) is 11.5. The largest absolute Gasteiger partial charge is 0.456 e. The molecule has 3 nitrogen and oxygen atoms in total. The molecule has 0 aromatic heterocycles. The lowest BCUT2D eigenvalue weighted by atomic mass is 10.0. The first-order valence-corrected chi connectivity index (χ1v) is 10.3. The molecule has 0 saturated carbocycles. The van der Waals surface area contributed by atoms with E-state index in [4.69, 9.17) is 4.74 Å². The van der Waals surface area contributed by atoms with Crippen molar-refractivity contribution < 1.29 is 14.6 Å². The molecular weight excluding hydrogens is 300 g/mol. The van der Waals surface area contributed by atoms with Crippen LogP contribution in [0.3, 0.4) is 0 Å². The van der Waals surface area contributed by atoms with Gasteiger partial charge in [-0.2, -0.15) is 0 Å². The van der Waals surface area contributed by atoms with E-state index in [-0.39, 0.29) is 5.97 Å². The lowest BCUT2D eigenvalue weighted by Gasteiger charge is -2.05. The van der Waals surface area contributed by atoms with Gasteiger partial charge >= 0.3 is 5.97 Å². The summed E-state index contributed by atoms with van der Waals surface area (Å²) in [7, 11) is 0. The van der Waals surface area contributed by atoms with E-state index < -0.39 is 12.2 Å². The monoisotopic (exact) mass is 338 g/mol. The first-order valence-electron chi connectivity index (χ1n) is 10.3. The number of aliphatic hydroxyl groups excluding tert-OH is 1. The van der Waals surface area contributed by atoms with Crippen LogP contribution in [0.4, 0.5) is 0 Å². The summed E-state index contributed by atoms with van der Waals surface area (Å²) in [5, 5.41) is 9.82. The van der Waals surface area contributed by atoms with Gasteiger partial charge in [0.25, 0.3) is 0 Å². The third-order valence-corrected chi connectivity index (χ3v) is 4.96. The summed E-state index contributed by atoms with van der Waals surface area (Å²) in [6.07, 6.45) is 19.1. The molecule has 1 N–H and O–H groups in total. The molecule has 1 fully saturated rings. The summed E-state index contributed by atoms with van der Waals surface area (Å²) >= 11 is 0. The number of hydrogen-bond acceptors (Lipinski definition) is 3. The van der Waals surface area contributed by atoms with Gasteiger partial charge in [0.15, 0.2) is 0 Å². The molecule has 24 heavy (non-hydrogen) atoms. The molecule has 0 amide bonds. The van der Waals surface area contributed by atoms with Crippen LogP contribution in [0.25, 0.3) is 0 Å². The zero-order valence-corrected chi connectivity index (χ0v) is 15.9. The van der Waals surface area contributed by atoms with Gasteiger partial charge in [0, 0.05) is 0 Å². The van der Waals surface area contributed by atoms with Crippen molar-refractivity contribution in [3.8, 4) is 0 Å². The minimum absolute atomic E-state index is 0.343. The Morgan fingerprint density at radius 2 is 1.33 bits per heavy atom. The second kappa shape index (κ2) is 13.5. The molecule has 2 atom stereocenters. The fourth-order valence-corrected chi connectivity index (χ4v) is 3.30. The van der Waals surface area contributed by atoms with Crippen LogP contribution in [-0.4, -0.2) is 23.3 Å². The van der Waals surface area contributed by atoms with E-state index in [1.807, 2.05) is 6.08 Å². The molecule has 0 radical (unpaired) electrons. The van der Waals surface area contributed by atoms with Crippen LogP contribution in [0.2, 0.25) is 0 Å². The van der Waals surface area contributed by atoms with Gasteiger partial charge in [-0.3, -0.25) is 0 Å². The minimum Gasteiger partial charge on any atom is -0.456 e. The zero-order valence-electron chi connectivity index (χ0n) is 15.9. The number of hydrogen-bond donors (Lipinski definition) is 1. The molecule has 0 unspecified atom stereocenters. The quantitative estimate of drug-likeness (QED) is 0.251. The number of unbranched alkanes of at least 4 members (excludes halogenated alkanes) is 13. The van der Waals surface area contributed by atoms with E-state index in [9.17, 15) is 9.90 Å². The third-order valence-electron chi connectivity index (χ3n) is 4.96. The van der Waals surface area contributed by atoms with Crippen LogP contribution in [0.15, 0.2) is 11.6 Å². The van der Waals surface area contributed by atoms with Gasteiger partial charge in [0.2, 0.25) is 0 Å². The predicted octanol–water partition coefficient (Wildman–Crippen LogP) is 5.70. The normalized spacial score (nSPS) is 22.3. The lowest BCUT2D eigenvalue weighted by Crippen LogP contribution is -2.17. The van der Waals surface area contributed by atoms with Crippen molar-refractivity contribution in [3.63, 3.8) is 0 Å². The second-order valence-corrected chi connectivity index (χ2v) is 7.25. The number of esters is 1. The fraction of sp³-hybridized carbons (Fsp3) is 0.857. The highest BCUT2D eigenvalue weighted by molar-refractivity contribution is 5.92. The maximum atomic E-state index is 11.5. The number of rotatable bonds is 14. The van der Waals surface area contributed by atoms with Gasteiger partial charge in [-0.05, 0) is 19.8 Å². The zero-order chi connectivity index (χ0) is 17.6. The van der Waals surface area contributed by atoms with Crippen molar-refractivity contribution in [2.24, 2.45) is 0 Å². The molecule has 0 bridgehead atoms. The van der Waals surface area contributed by atoms with Crippen molar-refractivity contribution in [3.05, 3.63) is 11.6 Å². The van der Waals surface area contributed by atoms with Crippen molar-refractivity contribution in [1.82, 2.24) is 0 Å². The average Bonchev–Trinajstić information content (AvgIpc) is 2.81. The smallest absolute Gasteiger partial charge is 0.336 e. The first-order chi connectivity index (χ1) is 11.7. The number of aliphatic hydroxyl groups is 1. The van der Waals surface area contributed by atoms with E-state index in [1.165, 1.54) is 77.0 Å². The van der Waals surface area contributed by atoms with Crippen LogP contribution >= 0.6 is 0 Å².